The fourth-order valence-electron chi connectivity index (χ4n) is 4.25. The van der Waals surface area contributed by atoms with E-state index >= 15 is 0 Å². The number of ether oxygens (including phenoxy) is 1. The first-order chi connectivity index (χ1) is 15.6. The van der Waals surface area contributed by atoms with E-state index in [1.165, 1.54) is 12.1 Å². The predicted octanol–water partition coefficient (Wildman–Crippen LogP) is 5.63. The number of hydrogen-bond donors (Lipinski definition) is 1. The number of likely N-dealkylation sites (tertiary alicyclic amines) is 1. The van der Waals surface area contributed by atoms with Crippen molar-refractivity contribution in [3.05, 3.63) is 72.2 Å². The number of H-pyrrole nitrogens is 1. The summed E-state index contributed by atoms with van der Waals surface area (Å²) in [5.41, 5.74) is 3.24. The monoisotopic (exact) mass is 430 g/mol. The number of halogens is 1. The Morgan fingerprint density at radius 3 is 2.81 bits per heavy atom. The molecule has 1 aliphatic rings. The van der Waals surface area contributed by atoms with Crippen LogP contribution >= 0.6 is 0 Å². The molecule has 2 aromatic carbocycles. The molecule has 4 aromatic rings. The van der Waals surface area contributed by atoms with Crippen LogP contribution in [0.1, 0.15) is 37.8 Å². The Morgan fingerprint density at radius 1 is 1.22 bits per heavy atom. The van der Waals surface area contributed by atoms with Crippen molar-refractivity contribution in [2.75, 3.05) is 6.54 Å². The topological polar surface area (TPSA) is 71.1 Å². The summed E-state index contributed by atoms with van der Waals surface area (Å²) in [6, 6.07) is 15.4. The van der Waals surface area contributed by atoms with Gasteiger partial charge >= 0.3 is 0 Å². The third-order valence-corrected chi connectivity index (χ3v) is 5.80. The molecule has 0 bridgehead atoms. The van der Waals surface area contributed by atoms with E-state index in [0.29, 0.717) is 23.7 Å². The normalized spacial score (nSPS) is 15.9. The first-order valence-corrected chi connectivity index (χ1v) is 10.8. The molecule has 1 aliphatic heterocycles. The van der Waals surface area contributed by atoms with Crippen molar-refractivity contribution < 1.29 is 13.9 Å². The molecule has 1 saturated heterocycles. The Labute approximate surface area is 185 Å². The van der Waals surface area contributed by atoms with E-state index in [2.05, 4.69) is 9.97 Å². The van der Waals surface area contributed by atoms with Crippen LogP contribution < -0.4 is 4.74 Å². The minimum absolute atomic E-state index is 0.0797. The summed E-state index contributed by atoms with van der Waals surface area (Å²) in [6.45, 7) is 2.61. The molecule has 1 N–H and O–H groups in total. The van der Waals surface area contributed by atoms with Crippen LogP contribution in [0.25, 0.3) is 22.6 Å². The zero-order valence-corrected chi connectivity index (χ0v) is 17.7. The molecule has 162 valence electrons. The molecule has 1 unspecified atom stereocenters. The van der Waals surface area contributed by atoms with Crippen LogP contribution in [0.4, 0.5) is 4.39 Å². The maximum Gasteiger partial charge on any atom is 0.222 e. The molecule has 0 aliphatic carbocycles. The summed E-state index contributed by atoms with van der Waals surface area (Å²) >= 11 is 0. The fourth-order valence-corrected chi connectivity index (χ4v) is 4.25. The molecule has 0 radical (unpaired) electrons. The standard InChI is InChI=1S/C25H23FN4O2/c1-2-24(31)30-13-5-7-22(30)18-14-20-21(29-25(28-20)19-6-3-4-12-27-19)15-23(18)32-17-10-8-16(26)9-11-17/h3-4,6,8-12,14-15,22H,2,5,7,13H2,1H3,(H,28,29). The Balaban J connectivity index is 1.61. The molecule has 1 fully saturated rings. The van der Waals surface area contributed by atoms with Gasteiger partial charge in [0.2, 0.25) is 5.91 Å². The second kappa shape index (κ2) is 8.42. The average molecular weight is 430 g/mol. The summed E-state index contributed by atoms with van der Waals surface area (Å²) in [6.07, 6.45) is 3.98. The summed E-state index contributed by atoms with van der Waals surface area (Å²) in [5.74, 6) is 1.61. The van der Waals surface area contributed by atoms with E-state index in [1.807, 2.05) is 42.2 Å². The van der Waals surface area contributed by atoms with Crippen LogP contribution in [-0.2, 0) is 4.79 Å². The average Bonchev–Trinajstić information content (AvgIpc) is 3.47. The maximum atomic E-state index is 13.4. The molecule has 5 rings (SSSR count). The molecular formula is C25H23FN4O2. The molecule has 1 amide bonds. The van der Waals surface area contributed by atoms with Crippen LogP contribution in [0.15, 0.2) is 60.8 Å². The number of aromatic nitrogens is 3. The Bertz CT molecular complexity index is 1250. The summed E-state index contributed by atoms with van der Waals surface area (Å²) in [7, 11) is 0. The smallest absolute Gasteiger partial charge is 0.222 e. The molecule has 0 spiro atoms. The number of fused-ring (bicyclic) bond motifs is 1. The van der Waals surface area contributed by atoms with Crippen LogP contribution in [0, 0.1) is 5.82 Å². The number of nitrogens with zero attached hydrogens (tertiary/aromatic N) is 3. The van der Waals surface area contributed by atoms with Gasteiger partial charge in [0.05, 0.1) is 17.1 Å². The van der Waals surface area contributed by atoms with Gasteiger partial charge in [0.25, 0.3) is 0 Å². The Hall–Kier alpha value is -3.74. The molecule has 1 atom stereocenters. The highest BCUT2D eigenvalue weighted by Crippen LogP contribution is 2.41. The third-order valence-electron chi connectivity index (χ3n) is 5.80. The second-order valence-electron chi connectivity index (χ2n) is 7.86. The maximum absolute atomic E-state index is 13.4. The van der Waals surface area contributed by atoms with E-state index in [4.69, 9.17) is 9.72 Å². The van der Waals surface area contributed by atoms with Crippen molar-refractivity contribution in [3.63, 3.8) is 0 Å². The van der Waals surface area contributed by atoms with E-state index in [0.717, 1.165) is 41.7 Å². The summed E-state index contributed by atoms with van der Waals surface area (Å²) < 4.78 is 19.6. The fraction of sp³-hybridized carbons (Fsp3) is 0.240. The highest BCUT2D eigenvalue weighted by molar-refractivity contribution is 5.83. The van der Waals surface area contributed by atoms with Crippen molar-refractivity contribution in [2.45, 2.75) is 32.2 Å². The van der Waals surface area contributed by atoms with Gasteiger partial charge in [-0.2, -0.15) is 0 Å². The first-order valence-electron chi connectivity index (χ1n) is 10.8. The van der Waals surface area contributed by atoms with Crippen LogP contribution in [0.2, 0.25) is 0 Å². The zero-order chi connectivity index (χ0) is 22.1. The van der Waals surface area contributed by atoms with E-state index < -0.39 is 0 Å². The van der Waals surface area contributed by atoms with Gasteiger partial charge < -0.3 is 14.6 Å². The number of carbonyl (C=O) groups excluding carboxylic acids is 1. The van der Waals surface area contributed by atoms with Crippen molar-refractivity contribution >= 4 is 16.9 Å². The van der Waals surface area contributed by atoms with Gasteiger partial charge in [0.15, 0.2) is 5.82 Å². The number of imidazole rings is 1. The van der Waals surface area contributed by atoms with Gasteiger partial charge in [-0.15, -0.1) is 0 Å². The Morgan fingerprint density at radius 2 is 2.06 bits per heavy atom. The van der Waals surface area contributed by atoms with Gasteiger partial charge in [-0.05, 0) is 55.3 Å². The van der Waals surface area contributed by atoms with E-state index in [1.54, 1.807) is 18.3 Å². The minimum atomic E-state index is -0.323. The predicted molar refractivity (Wildman–Crippen MR) is 120 cm³/mol. The molecule has 6 nitrogen and oxygen atoms in total. The molecule has 32 heavy (non-hydrogen) atoms. The number of aromatic amines is 1. The first kappa shape index (κ1) is 20.2. The number of benzene rings is 2. The van der Waals surface area contributed by atoms with Crippen LogP contribution in [-0.4, -0.2) is 32.3 Å². The minimum Gasteiger partial charge on any atom is -0.457 e. The van der Waals surface area contributed by atoms with Gasteiger partial charge in [-0.1, -0.05) is 13.0 Å². The third kappa shape index (κ3) is 3.82. The molecule has 0 saturated carbocycles. The van der Waals surface area contributed by atoms with Crippen molar-refractivity contribution in [1.29, 1.82) is 0 Å². The van der Waals surface area contributed by atoms with Crippen molar-refractivity contribution in [3.8, 4) is 23.0 Å². The lowest BCUT2D eigenvalue weighted by Crippen LogP contribution is -2.29. The number of rotatable bonds is 5. The van der Waals surface area contributed by atoms with Gasteiger partial charge in [-0.3, -0.25) is 9.78 Å². The molecule has 7 heteroatoms. The van der Waals surface area contributed by atoms with Crippen molar-refractivity contribution in [1.82, 2.24) is 19.9 Å². The van der Waals surface area contributed by atoms with Crippen LogP contribution in [0.5, 0.6) is 11.5 Å². The van der Waals surface area contributed by atoms with Gasteiger partial charge in [-0.25, -0.2) is 9.37 Å². The number of carbonyl (C=O) groups is 1. The number of amides is 1. The largest absolute Gasteiger partial charge is 0.457 e. The molecule has 3 heterocycles. The highest BCUT2D eigenvalue weighted by Gasteiger charge is 2.32. The lowest BCUT2D eigenvalue weighted by molar-refractivity contribution is -0.131. The number of hydrogen-bond acceptors (Lipinski definition) is 4. The van der Waals surface area contributed by atoms with E-state index in [9.17, 15) is 9.18 Å². The highest BCUT2D eigenvalue weighted by atomic mass is 19.1. The quantitative estimate of drug-likeness (QED) is 0.445. The number of pyridine rings is 1. The van der Waals surface area contributed by atoms with Gasteiger partial charge in [0, 0.05) is 30.8 Å². The summed E-state index contributed by atoms with van der Waals surface area (Å²) in [4.78, 5) is 26.9. The second-order valence-corrected chi connectivity index (χ2v) is 7.86. The van der Waals surface area contributed by atoms with Crippen LogP contribution in [0.3, 0.4) is 0 Å². The van der Waals surface area contributed by atoms with Gasteiger partial charge in [0.1, 0.15) is 23.0 Å². The SMILES string of the molecule is CCC(=O)N1CCCC1c1cc2[nH]c(-c3ccccn3)nc2cc1Oc1ccc(F)cc1. The van der Waals surface area contributed by atoms with Crippen molar-refractivity contribution in [2.24, 2.45) is 0 Å². The number of nitrogens with one attached hydrogen (secondary N) is 1. The lowest BCUT2D eigenvalue weighted by atomic mass is 10.0. The Kier molecular flexibility index (Phi) is 5.31. The molecular weight excluding hydrogens is 407 g/mol. The molecule has 2 aromatic heterocycles. The summed E-state index contributed by atoms with van der Waals surface area (Å²) in [5, 5.41) is 0. The lowest BCUT2D eigenvalue weighted by Gasteiger charge is -2.26. The van der Waals surface area contributed by atoms with E-state index in [-0.39, 0.29) is 17.8 Å². The zero-order valence-electron chi connectivity index (χ0n) is 17.7.